The molecule has 0 saturated heterocycles. The molecule has 29 heavy (non-hydrogen) atoms. The molecule has 0 bridgehead atoms. The third-order valence-corrected chi connectivity index (χ3v) is 5.31. The van der Waals surface area contributed by atoms with E-state index in [1.165, 1.54) is 6.07 Å². The van der Waals surface area contributed by atoms with Gasteiger partial charge >= 0.3 is 0 Å². The van der Waals surface area contributed by atoms with Crippen molar-refractivity contribution in [1.82, 2.24) is 9.55 Å². The number of aliphatic imine (C=N–C) groups is 1. The van der Waals surface area contributed by atoms with Gasteiger partial charge < -0.3 is 10.3 Å². The van der Waals surface area contributed by atoms with Crippen LogP contribution < -0.4 is 5.73 Å². The molecule has 2 aromatic rings. The summed E-state index contributed by atoms with van der Waals surface area (Å²) in [5.41, 5.74) is 1.20. The summed E-state index contributed by atoms with van der Waals surface area (Å²) in [4.78, 5) is 20.4. The molecule has 0 saturated carbocycles. The Balaban J connectivity index is 2.02. The third kappa shape index (κ3) is 3.54. The fourth-order valence-electron chi connectivity index (χ4n) is 3.57. The number of nitrogens with two attached hydrogens (primary N) is 1. The zero-order chi connectivity index (χ0) is 21.8. The number of rotatable bonds is 4. The van der Waals surface area contributed by atoms with E-state index >= 15 is 0 Å². The number of benzene rings is 1. The summed E-state index contributed by atoms with van der Waals surface area (Å²) in [6, 6.07) is 3.50. The molecular weight excluding hydrogens is 388 g/mol. The van der Waals surface area contributed by atoms with Crippen molar-refractivity contribution in [2.45, 2.75) is 50.7 Å². The number of halogens is 4. The lowest BCUT2D eigenvalue weighted by Crippen LogP contribution is -2.56. The number of hydrogen-bond acceptors (Lipinski definition) is 4. The van der Waals surface area contributed by atoms with Gasteiger partial charge in [0.05, 0.1) is 12.1 Å². The number of hydrogen-bond donors (Lipinski definition) is 1. The van der Waals surface area contributed by atoms with E-state index in [1.54, 1.807) is 24.7 Å². The lowest BCUT2D eigenvalue weighted by Gasteiger charge is -2.42. The van der Waals surface area contributed by atoms with Crippen molar-refractivity contribution in [3.05, 3.63) is 52.9 Å². The fourth-order valence-corrected chi connectivity index (χ4v) is 3.57. The molecule has 3 rings (SSSR count). The molecule has 0 aliphatic carbocycles. The smallest absolute Gasteiger partial charge is 0.280 e. The van der Waals surface area contributed by atoms with Crippen LogP contribution in [0.2, 0.25) is 0 Å². The fraction of sp³-hybridized carbons (Fsp3) is 0.450. The van der Waals surface area contributed by atoms with E-state index in [4.69, 9.17) is 5.73 Å². The Hall–Kier alpha value is -2.71. The van der Waals surface area contributed by atoms with Gasteiger partial charge in [-0.05, 0) is 38.5 Å². The predicted molar refractivity (Wildman–Crippen MR) is 100 cm³/mol. The number of aromatic nitrogens is 2. The molecule has 0 fully saturated rings. The lowest BCUT2D eigenvalue weighted by atomic mass is 9.77. The van der Waals surface area contributed by atoms with Gasteiger partial charge in [-0.25, -0.2) is 22.5 Å². The molecule has 1 aromatic heterocycles. The number of ketones is 1. The second-order valence-electron chi connectivity index (χ2n) is 7.88. The first-order valence-corrected chi connectivity index (χ1v) is 9.01. The number of carbonyl (C=O) groups excluding carboxylic acids is 1. The Labute approximate surface area is 165 Å². The average Bonchev–Trinajstić information content (AvgIpc) is 2.92. The van der Waals surface area contributed by atoms with Crippen LogP contribution in [0.3, 0.4) is 0 Å². The molecule has 0 amide bonds. The molecule has 2 N–H and O–H groups in total. The summed E-state index contributed by atoms with van der Waals surface area (Å²) in [5, 5.41) is 0. The molecule has 1 aromatic carbocycles. The molecule has 156 valence electrons. The number of Topliss-reactive ketones (excluding diaryl/α,β-unsaturated/α-hetero) is 1. The molecule has 1 aliphatic heterocycles. The van der Waals surface area contributed by atoms with Gasteiger partial charge in [0.15, 0.2) is 17.0 Å². The Bertz CT molecular complexity index is 1010. The highest BCUT2D eigenvalue weighted by Crippen LogP contribution is 2.50. The number of amidine groups is 1. The predicted octanol–water partition coefficient (Wildman–Crippen LogP) is 3.63. The summed E-state index contributed by atoms with van der Waals surface area (Å²) >= 11 is 0. The largest absolute Gasteiger partial charge is 0.385 e. The van der Waals surface area contributed by atoms with Gasteiger partial charge in [-0.1, -0.05) is 6.07 Å². The molecule has 2 heterocycles. The maximum absolute atomic E-state index is 14.9. The SMILES string of the molecule is Cc1cn(C)c(C(=O)Cc2ccc(F)c([C@@]3(C)N=C(N)[C@](C)(F)CC3(F)F)c2)n1. The Morgan fingerprint density at radius 1 is 1.28 bits per heavy atom. The molecular formula is C20H22F4N4O. The van der Waals surface area contributed by atoms with Gasteiger partial charge in [-0.15, -0.1) is 0 Å². The van der Waals surface area contributed by atoms with Gasteiger partial charge in [-0.3, -0.25) is 9.79 Å². The van der Waals surface area contributed by atoms with Crippen LogP contribution in [-0.2, 0) is 19.0 Å². The van der Waals surface area contributed by atoms with E-state index in [1.807, 2.05) is 0 Å². The first-order valence-electron chi connectivity index (χ1n) is 9.01. The summed E-state index contributed by atoms with van der Waals surface area (Å²) in [6.45, 7) is 3.67. The van der Waals surface area contributed by atoms with E-state index in [2.05, 4.69) is 9.98 Å². The number of carbonyl (C=O) groups is 1. The van der Waals surface area contributed by atoms with E-state index in [0.29, 0.717) is 11.3 Å². The topological polar surface area (TPSA) is 73.3 Å². The van der Waals surface area contributed by atoms with Crippen molar-refractivity contribution in [1.29, 1.82) is 0 Å². The lowest BCUT2D eigenvalue weighted by molar-refractivity contribution is -0.106. The molecule has 0 spiro atoms. The maximum Gasteiger partial charge on any atom is 0.280 e. The second kappa shape index (κ2) is 6.67. The quantitative estimate of drug-likeness (QED) is 0.618. The van der Waals surface area contributed by atoms with E-state index in [9.17, 15) is 22.4 Å². The monoisotopic (exact) mass is 410 g/mol. The van der Waals surface area contributed by atoms with Crippen molar-refractivity contribution < 1.29 is 22.4 Å². The first-order chi connectivity index (χ1) is 13.3. The van der Waals surface area contributed by atoms with Crippen LogP contribution in [0.1, 0.15) is 47.7 Å². The minimum atomic E-state index is -3.69. The van der Waals surface area contributed by atoms with Crippen LogP contribution in [0, 0.1) is 12.7 Å². The van der Waals surface area contributed by atoms with Crippen LogP contribution >= 0.6 is 0 Å². The van der Waals surface area contributed by atoms with E-state index in [-0.39, 0.29) is 18.0 Å². The van der Waals surface area contributed by atoms with Crippen molar-refractivity contribution in [3.8, 4) is 0 Å². The maximum atomic E-state index is 14.9. The van der Waals surface area contributed by atoms with Crippen molar-refractivity contribution >= 4 is 11.6 Å². The summed E-state index contributed by atoms with van der Waals surface area (Å²) < 4.78 is 60.1. The molecule has 5 nitrogen and oxygen atoms in total. The average molecular weight is 410 g/mol. The highest BCUT2D eigenvalue weighted by atomic mass is 19.3. The van der Waals surface area contributed by atoms with Crippen LogP contribution in [0.15, 0.2) is 29.4 Å². The van der Waals surface area contributed by atoms with Gasteiger partial charge in [0.1, 0.15) is 11.7 Å². The zero-order valence-electron chi connectivity index (χ0n) is 16.6. The number of imidazole rings is 1. The van der Waals surface area contributed by atoms with Crippen LogP contribution in [-0.4, -0.2) is 32.8 Å². The van der Waals surface area contributed by atoms with Gasteiger partial charge in [-0.2, -0.15) is 0 Å². The number of alkyl halides is 3. The Morgan fingerprint density at radius 2 is 1.93 bits per heavy atom. The minimum Gasteiger partial charge on any atom is -0.385 e. The first kappa shape index (κ1) is 21.0. The normalized spacial score (nSPS) is 26.3. The number of aryl methyl sites for hydroxylation is 2. The van der Waals surface area contributed by atoms with Gasteiger partial charge in [0, 0.05) is 25.2 Å². The van der Waals surface area contributed by atoms with Gasteiger partial charge in [0.25, 0.3) is 5.92 Å². The van der Waals surface area contributed by atoms with Crippen molar-refractivity contribution in [2.24, 2.45) is 17.8 Å². The van der Waals surface area contributed by atoms with Crippen LogP contribution in [0.5, 0.6) is 0 Å². The summed E-state index contributed by atoms with van der Waals surface area (Å²) in [6.07, 6.45) is 0.290. The summed E-state index contributed by atoms with van der Waals surface area (Å²) in [5.74, 6) is -5.39. The third-order valence-electron chi connectivity index (χ3n) is 5.31. The van der Waals surface area contributed by atoms with E-state index in [0.717, 1.165) is 26.0 Å². The second-order valence-corrected chi connectivity index (χ2v) is 7.88. The molecule has 9 heteroatoms. The standard InChI is InChI=1S/C20H22F4N4O/c1-11-9-28(4)16(26-11)15(29)8-12-5-6-14(21)13(7-12)19(3)20(23,24)10-18(2,22)17(25)27-19/h5-7,9H,8,10H2,1-4H3,(H2,25,27)/t18-,19-/m1/s1. The van der Waals surface area contributed by atoms with Crippen molar-refractivity contribution in [3.63, 3.8) is 0 Å². The highest BCUT2D eigenvalue weighted by Gasteiger charge is 2.60. The molecule has 0 radical (unpaired) electrons. The Kier molecular flexibility index (Phi) is 4.83. The minimum absolute atomic E-state index is 0.167. The highest BCUT2D eigenvalue weighted by molar-refractivity contribution is 5.94. The molecule has 2 atom stereocenters. The summed E-state index contributed by atoms with van der Waals surface area (Å²) in [7, 11) is 1.67. The molecule has 1 aliphatic rings. The van der Waals surface area contributed by atoms with Gasteiger partial charge in [0.2, 0.25) is 5.78 Å². The number of nitrogens with zero attached hydrogens (tertiary/aromatic N) is 3. The van der Waals surface area contributed by atoms with Crippen LogP contribution in [0.25, 0.3) is 0 Å². The molecule has 0 unspecified atom stereocenters. The Morgan fingerprint density at radius 3 is 2.52 bits per heavy atom. The van der Waals surface area contributed by atoms with E-state index < -0.39 is 40.8 Å². The zero-order valence-corrected chi connectivity index (χ0v) is 16.6. The van der Waals surface area contributed by atoms with Crippen molar-refractivity contribution in [2.75, 3.05) is 0 Å². The van der Waals surface area contributed by atoms with Crippen LogP contribution in [0.4, 0.5) is 17.6 Å².